The van der Waals surface area contributed by atoms with Gasteiger partial charge in [0, 0.05) is 38.2 Å². The maximum absolute atomic E-state index is 12.9. The van der Waals surface area contributed by atoms with E-state index in [-0.39, 0.29) is 11.8 Å². The summed E-state index contributed by atoms with van der Waals surface area (Å²) >= 11 is 0. The lowest BCUT2D eigenvalue weighted by molar-refractivity contribution is -0.130. The molecule has 0 radical (unpaired) electrons. The Morgan fingerprint density at radius 1 is 1.09 bits per heavy atom. The van der Waals surface area contributed by atoms with E-state index in [0.29, 0.717) is 25.4 Å². The highest BCUT2D eigenvalue weighted by atomic mass is 16.2. The van der Waals surface area contributed by atoms with Gasteiger partial charge in [0.25, 0.3) is 5.91 Å². The lowest BCUT2D eigenvalue weighted by Crippen LogP contribution is -2.37. The minimum Gasteiger partial charge on any atom is -0.341 e. The van der Waals surface area contributed by atoms with Crippen LogP contribution in [0.2, 0.25) is 0 Å². The third-order valence-electron chi connectivity index (χ3n) is 4.60. The maximum atomic E-state index is 12.9. The van der Waals surface area contributed by atoms with Crippen molar-refractivity contribution in [3.63, 3.8) is 0 Å². The number of nitrogens with zero attached hydrogens (tertiary/aromatic N) is 2. The van der Waals surface area contributed by atoms with E-state index in [1.54, 1.807) is 0 Å². The van der Waals surface area contributed by atoms with E-state index in [2.05, 4.69) is 19.9 Å². The third-order valence-corrected chi connectivity index (χ3v) is 4.60. The van der Waals surface area contributed by atoms with Crippen molar-refractivity contribution in [3.05, 3.63) is 34.9 Å². The lowest BCUT2D eigenvalue weighted by atomic mass is 9.97. The molecule has 1 fully saturated rings. The van der Waals surface area contributed by atoms with Crippen molar-refractivity contribution in [3.8, 4) is 0 Å². The second-order valence-electron chi connectivity index (χ2n) is 6.61. The number of amides is 2. The third kappa shape index (κ3) is 4.12. The van der Waals surface area contributed by atoms with Crippen LogP contribution in [0.25, 0.3) is 0 Å². The quantitative estimate of drug-likeness (QED) is 0.859. The molecule has 1 aliphatic rings. The van der Waals surface area contributed by atoms with Gasteiger partial charge in [-0.3, -0.25) is 9.59 Å². The largest absolute Gasteiger partial charge is 0.341 e. The first-order valence-electron chi connectivity index (χ1n) is 8.61. The van der Waals surface area contributed by atoms with Crippen LogP contribution in [0.3, 0.4) is 0 Å². The monoisotopic (exact) mass is 316 g/mol. The normalized spacial score (nSPS) is 15.7. The zero-order chi connectivity index (χ0) is 17.0. The van der Waals surface area contributed by atoms with E-state index in [9.17, 15) is 9.59 Å². The Bertz CT molecular complexity index is 581. The van der Waals surface area contributed by atoms with Crippen molar-refractivity contribution >= 4 is 11.8 Å². The summed E-state index contributed by atoms with van der Waals surface area (Å²) in [7, 11) is 0. The van der Waals surface area contributed by atoms with Crippen LogP contribution in [-0.2, 0) is 4.79 Å². The molecule has 0 aliphatic carbocycles. The molecule has 0 aromatic heterocycles. The van der Waals surface area contributed by atoms with E-state index in [0.717, 1.165) is 30.6 Å². The second kappa shape index (κ2) is 7.62. The molecule has 2 amide bonds. The Morgan fingerprint density at radius 2 is 1.74 bits per heavy atom. The predicted molar refractivity (Wildman–Crippen MR) is 92.7 cm³/mol. The lowest BCUT2D eigenvalue weighted by Gasteiger charge is -2.23. The van der Waals surface area contributed by atoms with Gasteiger partial charge in [0.15, 0.2) is 0 Å². The van der Waals surface area contributed by atoms with E-state index < -0.39 is 0 Å². The van der Waals surface area contributed by atoms with Crippen LogP contribution in [0.1, 0.15) is 61.0 Å². The minimum absolute atomic E-state index is 0.0933. The van der Waals surface area contributed by atoms with Gasteiger partial charge < -0.3 is 9.80 Å². The number of carbonyl (C=O) groups excluding carboxylic acids is 2. The van der Waals surface area contributed by atoms with E-state index in [1.165, 1.54) is 5.56 Å². The van der Waals surface area contributed by atoms with Crippen molar-refractivity contribution in [2.24, 2.45) is 0 Å². The van der Waals surface area contributed by atoms with E-state index in [4.69, 9.17) is 0 Å². The number of hydrogen-bond donors (Lipinski definition) is 0. The fourth-order valence-corrected chi connectivity index (χ4v) is 2.99. The fraction of sp³-hybridized carbons (Fsp3) is 0.579. The number of rotatable bonds is 3. The number of aryl methyl sites for hydroxylation is 1. The maximum Gasteiger partial charge on any atom is 0.254 e. The zero-order valence-electron chi connectivity index (χ0n) is 14.8. The summed E-state index contributed by atoms with van der Waals surface area (Å²) in [5.74, 6) is 0.678. The molecule has 126 valence electrons. The molecule has 1 aromatic carbocycles. The Morgan fingerprint density at radius 3 is 2.39 bits per heavy atom. The van der Waals surface area contributed by atoms with Crippen molar-refractivity contribution in [1.82, 2.24) is 9.80 Å². The standard InChI is InChI=1S/C19H28N2O2/c1-5-18(22)20-9-6-10-21(12-11-20)19(23)17-13-16(14(2)3)8-7-15(17)4/h7-8,13-14H,5-6,9-12H2,1-4H3. The average molecular weight is 316 g/mol. The first kappa shape index (κ1) is 17.5. The summed E-state index contributed by atoms with van der Waals surface area (Å²) in [5, 5.41) is 0. The Balaban J connectivity index is 2.14. The smallest absolute Gasteiger partial charge is 0.254 e. The molecular formula is C19H28N2O2. The molecule has 23 heavy (non-hydrogen) atoms. The van der Waals surface area contributed by atoms with Crippen molar-refractivity contribution in [2.45, 2.75) is 46.5 Å². The topological polar surface area (TPSA) is 40.6 Å². The molecule has 1 saturated heterocycles. The Labute approximate surface area is 139 Å². The first-order chi connectivity index (χ1) is 10.9. The Hall–Kier alpha value is -1.84. The highest BCUT2D eigenvalue weighted by molar-refractivity contribution is 5.96. The first-order valence-corrected chi connectivity index (χ1v) is 8.61. The summed E-state index contributed by atoms with van der Waals surface area (Å²) in [5.41, 5.74) is 3.01. The summed E-state index contributed by atoms with van der Waals surface area (Å²) in [6, 6.07) is 6.16. The van der Waals surface area contributed by atoms with Gasteiger partial charge in [-0.25, -0.2) is 0 Å². The van der Waals surface area contributed by atoms with Crippen LogP contribution in [0, 0.1) is 6.92 Å². The molecule has 0 unspecified atom stereocenters. The molecule has 4 nitrogen and oxygen atoms in total. The van der Waals surface area contributed by atoms with Crippen molar-refractivity contribution in [1.29, 1.82) is 0 Å². The van der Waals surface area contributed by atoms with Crippen LogP contribution in [0.15, 0.2) is 18.2 Å². The van der Waals surface area contributed by atoms with Crippen LogP contribution >= 0.6 is 0 Å². The van der Waals surface area contributed by atoms with Crippen LogP contribution < -0.4 is 0 Å². The molecule has 1 heterocycles. The minimum atomic E-state index is 0.0933. The van der Waals surface area contributed by atoms with Gasteiger partial charge in [-0.05, 0) is 36.5 Å². The van der Waals surface area contributed by atoms with Gasteiger partial charge in [0.05, 0.1) is 0 Å². The van der Waals surface area contributed by atoms with Gasteiger partial charge in [-0.15, -0.1) is 0 Å². The molecule has 0 atom stereocenters. The van der Waals surface area contributed by atoms with E-state index in [1.807, 2.05) is 35.8 Å². The molecule has 4 heteroatoms. The van der Waals surface area contributed by atoms with Crippen LogP contribution in [-0.4, -0.2) is 47.8 Å². The van der Waals surface area contributed by atoms with Crippen molar-refractivity contribution < 1.29 is 9.59 Å². The highest BCUT2D eigenvalue weighted by Crippen LogP contribution is 2.20. The molecular weight excluding hydrogens is 288 g/mol. The zero-order valence-corrected chi connectivity index (χ0v) is 14.8. The predicted octanol–water partition coefficient (Wildman–Crippen LogP) is 3.20. The number of carbonyl (C=O) groups is 2. The van der Waals surface area contributed by atoms with Gasteiger partial charge in [-0.1, -0.05) is 32.9 Å². The van der Waals surface area contributed by atoms with Gasteiger partial charge >= 0.3 is 0 Å². The average Bonchev–Trinajstić information content (AvgIpc) is 2.79. The molecule has 2 rings (SSSR count). The summed E-state index contributed by atoms with van der Waals surface area (Å²) in [6.45, 7) is 10.9. The van der Waals surface area contributed by atoms with E-state index >= 15 is 0 Å². The second-order valence-corrected chi connectivity index (χ2v) is 6.61. The van der Waals surface area contributed by atoms with Gasteiger partial charge in [0.1, 0.15) is 0 Å². The SMILES string of the molecule is CCC(=O)N1CCCN(C(=O)c2cc(C(C)C)ccc2C)CC1. The van der Waals surface area contributed by atoms with Crippen LogP contribution in [0.5, 0.6) is 0 Å². The summed E-state index contributed by atoms with van der Waals surface area (Å²) in [4.78, 5) is 28.6. The Kier molecular flexibility index (Phi) is 5.80. The molecule has 0 N–H and O–H groups in total. The van der Waals surface area contributed by atoms with Crippen LogP contribution in [0.4, 0.5) is 0 Å². The molecule has 0 bridgehead atoms. The summed E-state index contributed by atoms with van der Waals surface area (Å²) in [6.07, 6.45) is 1.38. The van der Waals surface area contributed by atoms with Gasteiger partial charge in [-0.2, -0.15) is 0 Å². The number of benzene rings is 1. The fourth-order valence-electron chi connectivity index (χ4n) is 2.99. The highest BCUT2D eigenvalue weighted by Gasteiger charge is 2.23. The number of hydrogen-bond acceptors (Lipinski definition) is 2. The van der Waals surface area contributed by atoms with Crippen molar-refractivity contribution in [2.75, 3.05) is 26.2 Å². The van der Waals surface area contributed by atoms with Gasteiger partial charge in [0.2, 0.25) is 5.91 Å². The molecule has 1 aromatic rings. The summed E-state index contributed by atoms with van der Waals surface area (Å²) < 4.78 is 0. The molecule has 1 aliphatic heterocycles. The molecule has 0 saturated carbocycles. The molecule has 0 spiro atoms.